The summed E-state index contributed by atoms with van der Waals surface area (Å²) in [6, 6.07) is 7.50. The molecule has 0 saturated carbocycles. The van der Waals surface area contributed by atoms with Gasteiger partial charge in [0.25, 0.3) is 0 Å². The topological polar surface area (TPSA) is 76.2 Å². The van der Waals surface area contributed by atoms with Gasteiger partial charge in [0.1, 0.15) is 0 Å². The first kappa shape index (κ1) is 11.3. The average molecular weight is 232 g/mol. The van der Waals surface area contributed by atoms with Gasteiger partial charge in [0.05, 0.1) is 0 Å². The molecule has 88 valence electrons. The zero-order chi connectivity index (χ0) is 12.3. The van der Waals surface area contributed by atoms with Crippen LogP contribution in [0.2, 0.25) is 0 Å². The molecule has 0 saturated heterocycles. The lowest BCUT2D eigenvalue weighted by Crippen LogP contribution is -1.97. The summed E-state index contributed by atoms with van der Waals surface area (Å²) in [5.74, 6) is 0.237. The van der Waals surface area contributed by atoms with Crippen molar-refractivity contribution < 1.29 is 14.4 Å². The van der Waals surface area contributed by atoms with Crippen LogP contribution in [-0.4, -0.2) is 21.2 Å². The maximum atomic E-state index is 10.5. The molecule has 0 amide bonds. The van der Waals surface area contributed by atoms with E-state index in [9.17, 15) is 4.79 Å². The van der Waals surface area contributed by atoms with Gasteiger partial charge in [0, 0.05) is 18.9 Å². The highest BCUT2D eigenvalue weighted by Gasteiger charge is 2.06. The van der Waals surface area contributed by atoms with Gasteiger partial charge in [-0.05, 0) is 18.1 Å². The normalized spacial score (nSPS) is 10.4. The van der Waals surface area contributed by atoms with E-state index in [1.807, 2.05) is 24.3 Å². The fourth-order valence-corrected chi connectivity index (χ4v) is 1.53. The minimum Gasteiger partial charge on any atom is -0.481 e. The molecular formula is C12H12N2O3. The lowest BCUT2D eigenvalue weighted by molar-refractivity contribution is -0.136. The van der Waals surface area contributed by atoms with Crippen LogP contribution in [0.3, 0.4) is 0 Å². The van der Waals surface area contributed by atoms with Crippen LogP contribution in [0, 0.1) is 6.92 Å². The van der Waals surface area contributed by atoms with E-state index in [1.54, 1.807) is 6.92 Å². The predicted molar refractivity (Wildman–Crippen MR) is 60.4 cm³/mol. The molecule has 1 heterocycles. The molecule has 1 aromatic heterocycles. The summed E-state index contributed by atoms with van der Waals surface area (Å²) in [4.78, 5) is 14.6. The van der Waals surface area contributed by atoms with E-state index in [0.29, 0.717) is 18.1 Å². The third-order valence-corrected chi connectivity index (χ3v) is 2.34. The molecule has 0 spiro atoms. The zero-order valence-corrected chi connectivity index (χ0v) is 9.38. The van der Waals surface area contributed by atoms with Gasteiger partial charge in [-0.15, -0.1) is 0 Å². The first-order chi connectivity index (χ1) is 8.15. The number of aryl methyl sites for hydroxylation is 2. The van der Waals surface area contributed by atoms with Crippen molar-refractivity contribution in [2.24, 2.45) is 0 Å². The van der Waals surface area contributed by atoms with Crippen LogP contribution in [0.25, 0.3) is 11.4 Å². The van der Waals surface area contributed by atoms with E-state index in [0.717, 1.165) is 11.1 Å². The molecule has 0 atom stereocenters. The highest BCUT2D eigenvalue weighted by atomic mass is 16.5. The first-order valence-corrected chi connectivity index (χ1v) is 5.26. The van der Waals surface area contributed by atoms with Crippen LogP contribution in [0.15, 0.2) is 28.8 Å². The van der Waals surface area contributed by atoms with Crippen molar-refractivity contribution in [3.8, 4) is 11.4 Å². The number of carboxylic acid groups (broad SMARTS) is 1. The third kappa shape index (κ3) is 2.90. The number of nitrogens with zero attached hydrogens (tertiary/aromatic N) is 2. The minimum absolute atomic E-state index is 0.120. The van der Waals surface area contributed by atoms with Gasteiger partial charge < -0.3 is 9.63 Å². The Kier molecular flexibility index (Phi) is 3.18. The Morgan fingerprint density at radius 2 is 2.29 bits per heavy atom. The van der Waals surface area contributed by atoms with Gasteiger partial charge in [-0.2, -0.15) is 4.98 Å². The second-order valence-electron chi connectivity index (χ2n) is 3.73. The van der Waals surface area contributed by atoms with Crippen molar-refractivity contribution >= 4 is 5.97 Å². The Morgan fingerprint density at radius 1 is 1.47 bits per heavy atom. The number of aromatic nitrogens is 2. The largest absolute Gasteiger partial charge is 0.481 e. The molecule has 0 bridgehead atoms. The highest BCUT2D eigenvalue weighted by molar-refractivity contribution is 5.67. The van der Waals surface area contributed by atoms with E-state index in [2.05, 4.69) is 10.1 Å². The second kappa shape index (κ2) is 4.78. The van der Waals surface area contributed by atoms with Crippen LogP contribution in [-0.2, 0) is 11.2 Å². The zero-order valence-electron chi connectivity index (χ0n) is 9.38. The molecule has 0 aliphatic rings. The Bertz CT molecular complexity index is 534. The van der Waals surface area contributed by atoms with E-state index >= 15 is 0 Å². The monoisotopic (exact) mass is 232 g/mol. The second-order valence-corrected chi connectivity index (χ2v) is 3.73. The summed E-state index contributed by atoms with van der Waals surface area (Å²) >= 11 is 0. The number of carboxylic acids is 1. The average Bonchev–Trinajstić information content (AvgIpc) is 2.74. The van der Waals surface area contributed by atoms with Crippen molar-refractivity contribution in [1.29, 1.82) is 0 Å². The molecule has 0 unspecified atom stereocenters. The van der Waals surface area contributed by atoms with Gasteiger partial charge in [-0.1, -0.05) is 23.4 Å². The van der Waals surface area contributed by atoms with E-state index < -0.39 is 5.97 Å². The lowest BCUT2D eigenvalue weighted by atomic mass is 10.1. The lowest BCUT2D eigenvalue weighted by Gasteiger charge is -2.00. The molecule has 0 fully saturated rings. The number of benzene rings is 1. The number of carbonyl (C=O) groups is 1. The molecule has 0 aliphatic carbocycles. The molecule has 0 aliphatic heterocycles. The van der Waals surface area contributed by atoms with E-state index in [4.69, 9.17) is 9.63 Å². The smallest absolute Gasteiger partial charge is 0.303 e. The predicted octanol–water partition coefficient (Wildman–Crippen LogP) is 2.06. The Balaban J connectivity index is 2.19. The van der Waals surface area contributed by atoms with Crippen LogP contribution in [0.4, 0.5) is 0 Å². The fourth-order valence-electron chi connectivity index (χ4n) is 1.53. The molecule has 17 heavy (non-hydrogen) atoms. The minimum atomic E-state index is -0.800. The Hall–Kier alpha value is -2.17. The molecule has 5 heteroatoms. The molecule has 1 aromatic carbocycles. The number of hydrogen-bond acceptors (Lipinski definition) is 4. The molecule has 1 N–H and O–H groups in total. The van der Waals surface area contributed by atoms with Crippen LogP contribution >= 0.6 is 0 Å². The SMILES string of the molecule is Cc1nc(-c2cccc(CCC(=O)O)c2)no1. The number of hydrogen-bond donors (Lipinski definition) is 1. The van der Waals surface area contributed by atoms with Crippen LogP contribution in [0.1, 0.15) is 17.9 Å². The van der Waals surface area contributed by atoms with Crippen molar-refractivity contribution in [3.63, 3.8) is 0 Å². The highest BCUT2D eigenvalue weighted by Crippen LogP contribution is 2.17. The van der Waals surface area contributed by atoms with Crippen LogP contribution < -0.4 is 0 Å². The summed E-state index contributed by atoms with van der Waals surface area (Å²) < 4.78 is 4.90. The summed E-state index contributed by atoms with van der Waals surface area (Å²) in [6.07, 6.45) is 0.620. The maximum Gasteiger partial charge on any atom is 0.303 e. The summed E-state index contributed by atoms with van der Waals surface area (Å²) in [5.41, 5.74) is 1.79. The van der Waals surface area contributed by atoms with E-state index in [-0.39, 0.29) is 6.42 Å². The van der Waals surface area contributed by atoms with Crippen molar-refractivity contribution in [3.05, 3.63) is 35.7 Å². The summed E-state index contributed by atoms with van der Waals surface area (Å²) in [7, 11) is 0. The number of rotatable bonds is 4. The molecule has 2 rings (SSSR count). The van der Waals surface area contributed by atoms with Gasteiger partial charge in [-0.3, -0.25) is 4.79 Å². The maximum absolute atomic E-state index is 10.5. The van der Waals surface area contributed by atoms with Gasteiger partial charge in [-0.25, -0.2) is 0 Å². The standard InChI is InChI=1S/C12H12N2O3/c1-8-13-12(14-17-8)10-4-2-3-9(7-10)5-6-11(15)16/h2-4,7H,5-6H2,1H3,(H,15,16). The molecule has 2 aromatic rings. The van der Waals surface area contributed by atoms with Crippen molar-refractivity contribution in [2.75, 3.05) is 0 Å². The Morgan fingerprint density at radius 3 is 2.94 bits per heavy atom. The summed E-state index contributed by atoms with van der Waals surface area (Å²) in [6.45, 7) is 1.73. The molecular weight excluding hydrogens is 220 g/mol. The fraction of sp³-hybridized carbons (Fsp3) is 0.250. The number of aliphatic carboxylic acids is 1. The van der Waals surface area contributed by atoms with Crippen molar-refractivity contribution in [2.45, 2.75) is 19.8 Å². The van der Waals surface area contributed by atoms with Crippen LogP contribution in [0.5, 0.6) is 0 Å². The summed E-state index contributed by atoms with van der Waals surface area (Å²) in [5, 5.41) is 12.4. The first-order valence-electron chi connectivity index (χ1n) is 5.26. The van der Waals surface area contributed by atoms with E-state index in [1.165, 1.54) is 0 Å². The third-order valence-electron chi connectivity index (χ3n) is 2.34. The van der Waals surface area contributed by atoms with Gasteiger partial charge in [0.2, 0.25) is 11.7 Å². The molecule has 0 radical (unpaired) electrons. The quantitative estimate of drug-likeness (QED) is 0.873. The Labute approximate surface area is 98.1 Å². The van der Waals surface area contributed by atoms with Gasteiger partial charge in [0.15, 0.2) is 0 Å². The van der Waals surface area contributed by atoms with Gasteiger partial charge >= 0.3 is 5.97 Å². The molecule has 5 nitrogen and oxygen atoms in total. The van der Waals surface area contributed by atoms with Crippen molar-refractivity contribution in [1.82, 2.24) is 10.1 Å².